The molecule has 1 N–H and O–H groups in total. The first-order valence-corrected chi connectivity index (χ1v) is 13.3. The van der Waals surface area contributed by atoms with Crippen LogP contribution < -0.4 is 26.0 Å². The number of hydrogen-bond donors (Lipinski definition) is 1. The van der Waals surface area contributed by atoms with Crippen molar-refractivity contribution < 1.29 is 14.3 Å². The van der Waals surface area contributed by atoms with Crippen LogP contribution in [-0.2, 0) is 13.1 Å². The number of rotatable bonds is 8. The smallest absolute Gasteiger partial charge is 0.332 e. The number of amides is 1. The lowest BCUT2D eigenvalue weighted by atomic mass is 10.1. The second kappa shape index (κ2) is 11.4. The number of hydrogen-bond acceptors (Lipinski definition) is 5. The molecule has 4 aromatic rings. The number of carbonyl (C=O) groups is 1. The number of halogens is 1. The van der Waals surface area contributed by atoms with Crippen molar-refractivity contribution in [3.63, 3.8) is 0 Å². The van der Waals surface area contributed by atoms with Gasteiger partial charge < -0.3 is 14.8 Å². The molecule has 0 bridgehead atoms. The Kier molecular flexibility index (Phi) is 7.74. The third-order valence-corrected chi connectivity index (χ3v) is 7.48. The molecule has 39 heavy (non-hydrogen) atoms. The number of nitrogens with zero attached hydrogens (tertiary/aromatic N) is 2. The van der Waals surface area contributed by atoms with Gasteiger partial charge in [-0.05, 0) is 54.3 Å². The summed E-state index contributed by atoms with van der Waals surface area (Å²) in [5.74, 6) is 0.698. The molecule has 0 unspecified atom stereocenters. The number of nitrogens with one attached hydrogen (secondary N) is 1. The van der Waals surface area contributed by atoms with Crippen molar-refractivity contribution in [2.75, 3.05) is 14.2 Å². The zero-order chi connectivity index (χ0) is 27.5. The van der Waals surface area contributed by atoms with Gasteiger partial charge in [-0.2, -0.15) is 0 Å². The molecule has 1 heterocycles. The molecule has 0 atom stereocenters. The summed E-state index contributed by atoms with van der Waals surface area (Å²) in [6, 6.07) is 17.7. The van der Waals surface area contributed by atoms with E-state index in [4.69, 9.17) is 21.1 Å². The molecule has 1 fully saturated rings. The average molecular weight is 548 g/mol. The summed E-state index contributed by atoms with van der Waals surface area (Å²) in [5.41, 5.74) is 1.66. The number of aromatic nitrogens is 2. The first-order chi connectivity index (χ1) is 18.9. The van der Waals surface area contributed by atoms with Gasteiger partial charge in [0.15, 0.2) is 11.5 Å². The number of benzene rings is 3. The summed E-state index contributed by atoms with van der Waals surface area (Å²) in [6.07, 6.45) is 4.29. The zero-order valence-electron chi connectivity index (χ0n) is 21.9. The zero-order valence-corrected chi connectivity index (χ0v) is 22.7. The van der Waals surface area contributed by atoms with Gasteiger partial charge in [0, 0.05) is 22.7 Å². The van der Waals surface area contributed by atoms with Gasteiger partial charge in [-0.1, -0.05) is 48.7 Å². The Morgan fingerprint density at radius 1 is 0.872 bits per heavy atom. The number of ether oxygens (including phenoxy) is 2. The fourth-order valence-corrected chi connectivity index (χ4v) is 5.22. The van der Waals surface area contributed by atoms with Crippen molar-refractivity contribution in [2.45, 2.75) is 44.8 Å². The molecule has 1 saturated carbocycles. The lowest BCUT2D eigenvalue weighted by molar-refractivity contribution is 0.0938. The Hall–Kier alpha value is -4.04. The van der Waals surface area contributed by atoms with Crippen LogP contribution in [0.3, 0.4) is 0 Å². The predicted octanol–water partition coefficient (Wildman–Crippen LogP) is 4.60. The Bertz CT molecular complexity index is 1620. The molecule has 1 aliphatic rings. The minimum Gasteiger partial charge on any atom is -0.493 e. The summed E-state index contributed by atoms with van der Waals surface area (Å²) >= 11 is 6.05. The van der Waals surface area contributed by atoms with Crippen LogP contribution in [0.4, 0.5) is 0 Å². The highest BCUT2D eigenvalue weighted by atomic mass is 35.5. The predicted molar refractivity (Wildman–Crippen MR) is 151 cm³/mol. The van der Waals surface area contributed by atoms with Crippen molar-refractivity contribution in [1.82, 2.24) is 14.5 Å². The van der Waals surface area contributed by atoms with E-state index >= 15 is 0 Å². The average Bonchev–Trinajstić information content (AvgIpc) is 3.47. The molecular weight excluding hydrogens is 518 g/mol. The maximum atomic E-state index is 13.8. The minimum atomic E-state index is -0.460. The Balaban J connectivity index is 1.54. The van der Waals surface area contributed by atoms with E-state index in [0.29, 0.717) is 33.0 Å². The van der Waals surface area contributed by atoms with Crippen LogP contribution in [0.1, 0.15) is 47.2 Å². The summed E-state index contributed by atoms with van der Waals surface area (Å²) in [5, 5.41) is 4.00. The molecule has 8 nitrogen and oxygen atoms in total. The molecule has 3 aromatic carbocycles. The van der Waals surface area contributed by atoms with E-state index in [0.717, 1.165) is 36.8 Å². The molecule has 1 amide bonds. The first-order valence-electron chi connectivity index (χ1n) is 12.9. The second-order valence-electron chi connectivity index (χ2n) is 9.76. The van der Waals surface area contributed by atoms with Crippen molar-refractivity contribution >= 4 is 28.4 Å². The summed E-state index contributed by atoms with van der Waals surface area (Å²) in [7, 11) is 3.00. The van der Waals surface area contributed by atoms with Gasteiger partial charge in [-0.3, -0.25) is 18.7 Å². The van der Waals surface area contributed by atoms with Gasteiger partial charge in [0.25, 0.3) is 11.5 Å². The molecule has 1 aromatic heterocycles. The van der Waals surface area contributed by atoms with Crippen molar-refractivity contribution in [2.24, 2.45) is 0 Å². The number of methoxy groups -OCH3 is 2. The molecule has 0 saturated heterocycles. The van der Waals surface area contributed by atoms with E-state index in [1.807, 2.05) is 12.1 Å². The van der Waals surface area contributed by atoms with Crippen molar-refractivity contribution in [3.8, 4) is 11.5 Å². The number of carbonyl (C=O) groups excluding carboxylic acids is 1. The molecular formula is C30H30ClN3O5. The van der Waals surface area contributed by atoms with Crippen LogP contribution >= 0.6 is 11.6 Å². The van der Waals surface area contributed by atoms with Gasteiger partial charge in [0.05, 0.1) is 38.2 Å². The SMILES string of the molecule is COc1cc2c(=O)n(Cc3ccc(C(=O)NC4CCCC4)cc3)c(=O)n(Cc3ccc(Cl)cc3)c2cc1OC. The first kappa shape index (κ1) is 26.6. The highest BCUT2D eigenvalue weighted by Crippen LogP contribution is 2.30. The van der Waals surface area contributed by atoms with E-state index in [-0.39, 0.29) is 25.0 Å². The van der Waals surface area contributed by atoms with Gasteiger partial charge in [0.1, 0.15) is 0 Å². The van der Waals surface area contributed by atoms with Crippen molar-refractivity contribution in [3.05, 3.63) is 103 Å². The lowest BCUT2D eigenvalue weighted by Gasteiger charge is -2.17. The van der Waals surface area contributed by atoms with E-state index in [2.05, 4.69) is 5.32 Å². The minimum absolute atomic E-state index is 0.0487. The molecule has 202 valence electrons. The van der Waals surface area contributed by atoms with Gasteiger partial charge in [0.2, 0.25) is 0 Å². The largest absolute Gasteiger partial charge is 0.493 e. The quantitative estimate of drug-likeness (QED) is 0.348. The summed E-state index contributed by atoms with van der Waals surface area (Å²) < 4.78 is 13.6. The van der Waals surface area contributed by atoms with E-state index in [9.17, 15) is 14.4 Å². The highest BCUT2D eigenvalue weighted by Gasteiger charge is 2.19. The maximum absolute atomic E-state index is 13.8. The van der Waals surface area contributed by atoms with E-state index in [1.165, 1.54) is 18.8 Å². The Labute approximate surface area is 230 Å². The van der Waals surface area contributed by atoms with Crippen LogP contribution in [0.15, 0.2) is 70.3 Å². The molecule has 0 aliphatic heterocycles. The molecule has 9 heteroatoms. The highest BCUT2D eigenvalue weighted by molar-refractivity contribution is 6.30. The Morgan fingerprint density at radius 2 is 1.44 bits per heavy atom. The molecule has 0 radical (unpaired) electrons. The van der Waals surface area contributed by atoms with Gasteiger partial charge >= 0.3 is 5.69 Å². The van der Waals surface area contributed by atoms with Crippen LogP contribution in [-0.4, -0.2) is 35.3 Å². The van der Waals surface area contributed by atoms with Crippen LogP contribution in [0, 0.1) is 0 Å². The lowest BCUT2D eigenvalue weighted by Crippen LogP contribution is -2.40. The Morgan fingerprint density at radius 3 is 2.05 bits per heavy atom. The normalized spacial score (nSPS) is 13.5. The van der Waals surface area contributed by atoms with Gasteiger partial charge in [-0.25, -0.2) is 4.79 Å². The fraction of sp³-hybridized carbons (Fsp3) is 0.300. The van der Waals surface area contributed by atoms with Crippen LogP contribution in [0.5, 0.6) is 11.5 Å². The second-order valence-corrected chi connectivity index (χ2v) is 10.2. The number of fused-ring (bicyclic) bond motifs is 1. The maximum Gasteiger partial charge on any atom is 0.332 e. The standard InChI is InChI=1S/C30H30ClN3O5/c1-38-26-15-24-25(16-27(26)39-2)33(17-20-9-13-22(31)14-10-20)30(37)34(29(24)36)18-19-7-11-21(12-8-19)28(35)32-23-5-3-4-6-23/h7-16,23H,3-6,17-18H2,1-2H3,(H,32,35). The monoisotopic (exact) mass is 547 g/mol. The summed E-state index contributed by atoms with van der Waals surface area (Å²) in [6.45, 7) is 0.273. The van der Waals surface area contributed by atoms with Gasteiger partial charge in [-0.15, -0.1) is 0 Å². The van der Waals surface area contributed by atoms with E-state index < -0.39 is 11.2 Å². The summed E-state index contributed by atoms with van der Waals surface area (Å²) in [4.78, 5) is 40.0. The van der Waals surface area contributed by atoms with E-state index in [1.54, 1.807) is 53.1 Å². The van der Waals surface area contributed by atoms with Crippen molar-refractivity contribution in [1.29, 1.82) is 0 Å². The third-order valence-electron chi connectivity index (χ3n) is 7.23. The third kappa shape index (κ3) is 5.56. The fourth-order valence-electron chi connectivity index (χ4n) is 5.09. The van der Waals surface area contributed by atoms with Crippen LogP contribution in [0.2, 0.25) is 5.02 Å². The molecule has 0 spiro atoms. The molecule has 1 aliphatic carbocycles. The topological polar surface area (TPSA) is 91.6 Å². The van der Waals surface area contributed by atoms with Crippen LogP contribution in [0.25, 0.3) is 10.9 Å². The molecule has 5 rings (SSSR count).